The second kappa shape index (κ2) is 8.24. The third-order valence-corrected chi connectivity index (χ3v) is 5.78. The first-order valence-corrected chi connectivity index (χ1v) is 10.4. The Morgan fingerprint density at radius 2 is 1.77 bits per heavy atom. The molecule has 5 nitrogen and oxygen atoms in total. The van der Waals surface area contributed by atoms with Gasteiger partial charge in [0.25, 0.3) is 11.8 Å². The molecule has 0 radical (unpaired) electrons. The predicted molar refractivity (Wildman–Crippen MR) is 123 cm³/mol. The highest BCUT2D eigenvalue weighted by atomic mass is 32.1. The van der Waals surface area contributed by atoms with Crippen LogP contribution in [0.15, 0.2) is 66.4 Å². The number of nitrogens with zero attached hydrogens (tertiary/aromatic N) is 2. The smallest absolute Gasteiger partial charge is 0.265 e. The summed E-state index contributed by atoms with van der Waals surface area (Å²) in [4.78, 5) is 27.2. The largest absolute Gasteiger partial charge is 0.342 e. The molecule has 0 saturated carbocycles. The summed E-state index contributed by atoms with van der Waals surface area (Å²) in [5, 5.41) is 3.82. The first-order chi connectivity index (χ1) is 14.5. The van der Waals surface area contributed by atoms with E-state index in [2.05, 4.69) is 22.0 Å². The normalized spacial score (nSPS) is 16.9. The van der Waals surface area contributed by atoms with Crippen LogP contribution in [-0.2, 0) is 16.1 Å². The van der Waals surface area contributed by atoms with Crippen molar-refractivity contribution >= 4 is 46.1 Å². The van der Waals surface area contributed by atoms with Crippen molar-refractivity contribution in [1.82, 2.24) is 14.8 Å². The molecule has 30 heavy (non-hydrogen) atoms. The van der Waals surface area contributed by atoms with Crippen molar-refractivity contribution < 1.29 is 9.59 Å². The van der Waals surface area contributed by atoms with E-state index in [0.29, 0.717) is 6.54 Å². The number of amides is 2. The van der Waals surface area contributed by atoms with Crippen LogP contribution in [0.3, 0.4) is 0 Å². The van der Waals surface area contributed by atoms with Gasteiger partial charge in [0.2, 0.25) is 0 Å². The van der Waals surface area contributed by atoms with E-state index < -0.39 is 5.91 Å². The molecule has 2 amide bonds. The van der Waals surface area contributed by atoms with Crippen LogP contribution in [0.2, 0.25) is 0 Å². The molecule has 2 heterocycles. The van der Waals surface area contributed by atoms with E-state index in [-0.39, 0.29) is 22.6 Å². The molecule has 1 fully saturated rings. The van der Waals surface area contributed by atoms with Gasteiger partial charge < -0.3 is 4.57 Å². The van der Waals surface area contributed by atoms with E-state index in [1.807, 2.05) is 62.5 Å². The molecular weight excluding hydrogens is 394 g/mol. The van der Waals surface area contributed by atoms with E-state index in [1.54, 1.807) is 6.08 Å². The van der Waals surface area contributed by atoms with E-state index in [4.69, 9.17) is 12.2 Å². The molecule has 1 N–H and O–H groups in total. The second-order valence-electron chi connectivity index (χ2n) is 7.46. The van der Waals surface area contributed by atoms with E-state index in [9.17, 15) is 9.59 Å². The Bertz CT molecular complexity index is 1160. The van der Waals surface area contributed by atoms with Gasteiger partial charge in [-0.3, -0.25) is 19.8 Å². The van der Waals surface area contributed by atoms with Crippen LogP contribution in [0.1, 0.15) is 31.4 Å². The number of carbonyl (C=O) groups is 2. The third-order valence-electron chi connectivity index (χ3n) is 5.48. The van der Waals surface area contributed by atoms with Gasteiger partial charge in [0.15, 0.2) is 5.11 Å². The van der Waals surface area contributed by atoms with E-state index >= 15 is 0 Å². The molecule has 152 valence electrons. The molecule has 0 bridgehead atoms. The zero-order valence-electron chi connectivity index (χ0n) is 17.0. The monoisotopic (exact) mass is 417 g/mol. The number of carbonyl (C=O) groups excluding carboxylic acids is 2. The Morgan fingerprint density at radius 1 is 1.07 bits per heavy atom. The lowest BCUT2D eigenvalue weighted by molar-refractivity contribution is -0.130. The third kappa shape index (κ3) is 3.66. The molecule has 3 aromatic rings. The van der Waals surface area contributed by atoms with Gasteiger partial charge in [0, 0.05) is 35.2 Å². The number of rotatable bonds is 5. The minimum Gasteiger partial charge on any atom is -0.342 e. The zero-order valence-corrected chi connectivity index (χ0v) is 17.8. The van der Waals surface area contributed by atoms with Gasteiger partial charge in [-0.2, -0.15) is 0 Å². The lowest BCUT2D eigenvalue weighted by atomic mass is 10.1. The summed E-state index contributed by atoms with van der Waals surface area (Å²) in [6, 6.07) is 18.1. The van der Waals surface area contributed by atoms with Crippen molar-refractivity contribution in [2.24, 2.45) is 0 Å². The molecule has 0 aliphatic carbocycles. The summed E-state index contributed by atoms with van der Waals surface area (Å²) in [6.45, 7) is 4.61. The molecule has 0 spiro atoms. The minimum absolute atomic E-state index is 0.0894. The Hall–Kier alpha value is -3.25. The molecule has 2 aromatic carbocycles. The van der Waals surface area contributed by atoms with Crippen molar-refractivity contribution in [3.8, 4) is 0 Å². The maximum Gasteiger partial charge on any atom is 0.265 e. The van der Waals surface area contributed by atoms with E-state index in [1.165, 1.54) is 10.5 Å². The SMILES string of the molecule is CCC(C)N1C(=O)/C(=C\c2cn(Cc3ccccc3)c3ccccc23)C(=O)NC1=S. The summed E-state index contributed by atoms with van der Waals surface area (Å²) < 4.78 is 2.14. The highest BCUT2D eigenvalue weighted by molar-refractivity contribution is 7.80. The fourth-order valence-corrected chi connectivity index (χ4v) is 4.07. The van der Waals surface area contributed by atoms with Crippen LogP contribution in [0.5, 0.6) is 0 Å². The Labute approximate surface area is 181 Å². The Balaban J connectivity index is 1.77. The van der Waals surface area contributed by atoms with Crippen molar-refractivity contribution in [3.63, 3.8) is 0 Å². The summed E-state index contributed by atoms with van der Waals surface area (Å²) >= 11 is 5.24. The van der Waals surface area contributed by atoms with Crippen LogP contribution in [0.4, 0.5) is 0 Å². The zero-order chi connectivity index (χ0) is 21.3. The van der Waals surface area contributed by atoms with Gasteiger partial charge in [0.05, 0.1) is 0 Å². The van der Waals surface area contributed by atoms with Gasteiger partial charge in [-0.1, -0.05) is 55.5 Å². The standard InChI is InChI=1S/C24H23N3O2S/c1-3-16(2)27-23(29)20(22(28)25-24(27)30)13-18-15-26(14-17-9-5-4-6-10-17)21-12-8-7-11-19(18)21/h4-13,15-16H,3,14H2,1-2H3,(H,25,28,30)/b20-13-. The average molecular weight is 418 g/mol. The van der Waals surface area contributed by atoms with Crippen LogP contribution in [0.25, 0.3) is 17.0 Å². The highest BCUT2D eigenvalue weighted by Crippen LogP contribution is 2.26. The Kier molecular flexibility index (Phi) is 5.50. The maximum absolute atomic E-state index is 13.1. The topological polar surface area (TPSA) is 54.3 Å². The minimum atomic E-state index is -0.454. The van der Waals surface area contributed by atoms with Gasteiger partial charge in [-0.25, -0.2) is 0 Å². The van der Waals surface area contributed by atoms with Crippen LogP contribution in [0, 0.1) is 0 Å². The molecule has 1 aliphatic rings. The van der Waals surface area contributed by atoms with Gasteiger partial charge in [0.1, 0.15) is 5.57 Å². The van der Waals surface area contributed by atoms with Crippen LogP contribution in [-0.4, -0.2) is 32.4 Å². The summed E-state index contributed by atoms with van der Waals surface area (Å²) in [5.74, 6) is -0.803. The number of para-hydroxylation sites is 1. The lowest BCUT2D eigenvalue weighted by Crippen LogP contribution is -2.56. The number of hydrogen-bond donors (Lipinski definition) is 1. The van der Waals surface area contributed by atoms with Gasteiger partial charge in [-0.05, 0) is 43.3 Å². The van der Waals surface area contributed by atoms with Crippen molar-refractivity contribution in [3.05, 3.63) is 77.5 Å². The number of benzene rings is 2. The van der Waals surface area contributed by atoms with Crippen molar-refractivity contribution in [2.45, 2.75) is 32.9 Å². The predicted octanol–water partition coefficient (Wildman–Crippen LogP) is 4.11. The summed E-state index contributed by atoms with van der Waals surface area (Å²) in [7, 11) is 0. The fourth-order valence-electron chi connectivity index (χ4n) is 3.71. The molecular formula is C24H23N3O2S. The molecule has 1 saturated heterocycles. The average Bonchev–Trinajstić information content (AvgIpc) is 3.09. The summed E-state index contributed by atoms with van der Waals surface area (Å²) in [5.41, 5.74) is 3.16. The molecule has 1 atom stereocenters. The highest BCUT2D eigenvalue weighted by Gasteiger charge is 2.35. The molecule has 4 rings (SSSR count). The number of fused-ring (bicyclic) bond motifs is 1. The molecule has 6 heteroatoms. The molecule has 1 aromatic heterocycles. The fraction of sp³-hybridized carbons (Fsp3) is 0.208. The van der Waals surface area contributed by atoms with Crippen LogP contribution < -0.4 is 5.32 Å². The van der Waals surface area contributed by atoms with Crippen LogP contribution >= 0.6 is 12.2 Å². The maximum atomic E-state index is 13.1. The quantitative estimate of drug-likeness (QED) is 0.386. The van der Waals surface area contributed by atoms with Gasteiger partial charge >= 0.3 is 0 Å². The number of nitrogens with one attached hydrogen (secondary N) is 1. The molecule has 1 aliphatic heterocycles. The Morgan fingerprint density at radius 3 is 2.50 bits per heavy atom. The van der Waals surface area contributed by atoms with Crippen molar-refractivity contribution in [1.29, 1.82) is 0 Å². The van der Waals surface area contributed by atoms with Gasteiger partial charge in [-0.15, -0.1) is 0 Å². The lowest BCUT2D eigenvalue weighted by Gasteiger charge is -2.33. The first kappa shape index (κ1) is 20.0. The second-order valence-corrected chi connectivity index (χ2v) is 7.85. The van der Waals surface area contributed by atoms with E-state index in [0.717, 1.165) is 22.9 Å². The molecule has 1 unspecified atom stereocenters. The number of thiocarbonyl (C=S) groups is 1. The number of aromatic nitrogens is 1. The van der Waals surface area contributed by atoms with Crippen molar-refractivity contribution in [2.75, 3.05) is 0 Å². The number of hydrogen-bond acceptors (Lipinski definition) is 3. The first-order valence-electron chi connectivity index (χ1n) is 10.0. The summed E-state index contributed by atoms with van der Waals surface area (Å²) in [6.07, 6.45) is 4.41.